The number of thioether (sulfide) groups is 1. The minimum Gasteiger partial charge on any atom is -0.356 e. The lowest BCUT2D eigenvalue weighted by atomic mass is 9.65. The van der Waals surface area contributed by atoms with Crippen LogP contribution in [0.5, 0.6) is 0 Å². The summed E-state index contributed by atoms with van der Waals surface area (Å²) >= 11 is 2.09. The van der Waals surface area contributed by atoms with E-state index in [-0.39, 0.29) is 5.41 Å². The van der Waals surface area contributed by atoms with Gasteiger partial charge < -0.3 is 9.88 Å². The quantitative estimate of drug-likeness (QED) is 0.852. The third-order valence-electron chi connectivity index (χ3n) is 5.88. The molecule has 0 aliphatic heterocycles. The molecular weight excluding hydrogens is 330 g/mol. The molecule has 2 aromatic rings. The van der Waals surface area contributed by atoms with Gasteiger partial charge in [0.15, 0.2) is 0 Å². The zero-order valence-electron chi connectivity index (χ0n) is 14.9. The highest BCUT2D eigenvalue weighted by Crippen LogP contribution is 2.46. The zero-order valence-corrected chi connectivity index (χ0v) is 15.7. The summed E-state index contributed by atoms with van der Waals surface area (Å²) in [7, 11) is 2.15. The molecule has 5 nitrogen and oxygen atoms in total. The van der Waals surface area contributed by atoms with Gasteiger partial charge in [-0.3, -0.25) is 0 Å². The number of nitrogens with one attached hydrogen (secondary N) is 1. The molecule has 6 heteroatoms. The lowest BCUT2D eigenvalue weighted by Crippen LogP contribution is -2.44. The fourth-order valence-electron chi connectivity index (χ4n) is 4.29. The van der Waals surface area contributed by atoms with Gasteiger partial charge in [-0.25, -0.2) is 9.97 Å². The van der Waals surface area contributed by atoms with Crippen LogP contribution in [0.15, 0.2) is 18.6 Å². The number of hydrogen-bond acceptors (Lipinski definition) is 5. The molecule has 2 aromatic heterocycles. The summed E-state index contributed by atoms with van der Waals surface area (Å²) in [6.45, 7) is 2.09. The van der Waals surface area contributed by atoms with Crippen LogP contribution in [0.1, 0.15) is 32.6 Å². The second-order valence-electron chi connectivity index (χ2n) is 8.02. The van der Waals surface area contributed by atoms with Gasteiger partial charge in [0.05, 0.1) is 16.9 Å². The van der Waals surface area contributed by atoms with Crippen molar-refractivity contribution < 1.29 is 0 Å². The summed E-state index contributed by atoms with van der Waals surface area (Å²) in [5.74, 6) is 5.10. The maximum atomic E-state index is 9.08. The SMILES string of the molecule is CN(c1ncnc2[nH]ccc12)[C@H]1C[C@@H](CSCC2CC(C)(C#N)C2)C1. The third-order valence-corrected chi connectivity index (χ3v) is 7.30. The van der Waals surface area contributed by atoms with Crippen molar-refractivity contribution in [1.82, 2.24) is 15.0 Å². The van der Waals surface area contributed by atoms with Crippen molar-refractivity contribution in [2.24, 2.45) is 17.3 Å². The van der Waals surface area contributed by atoms with E-state index in [1.54, 1.807) is 6.33 Å². The average molecular weight is 356 g/mol. The number of anilines is 1. The Kier molecular flexibility index (Phi) is 4.36. The van der Waals surface area contributed by atoms with Crippen molar-refractivity contribution in [3.05, 3.63) is 18.6 Å². The molecule has 0 saturated heterocycles. The minimum atomic E-state index is -0.0311. The first-order valence-corrected chi connectivity index (χ1v) is 10.2. The van der Waals surface area contributed by atoms with Crippen molar-refractivity contribution in [3.8, 4) is 6.07 Å². The Balaban J connectivity index is 1.22. The summed E-state index contributed by atoms with van der Waals surface area (Å²) in [6, 6.07) is 5.09. The molecule has 2 aliphatic carbocycles. The van der Waals surface area contributed by atoms with Crippen LogP contribution >= 0.6 is 11.8 Å². The number of H-pyrrole nitrogens is 1. The van der Waals surface area contributed by atoms with Crippen molar-refractivity contribution in [3.63, 3.8) is 0 Å². The third kappa shape index (κ3) is 3.22. The Labute approximate surface area is 153 Å². The van der Waals surface area contributed by atoms with Gasteiger partial charge in [-0.1, -0.05) is 0 Å². The van der Waals surface area contributed by atoms with E-state index in [0.29, 0.717) is 6.04 Å². The Bertz CT molecular complexity index is 782. The molecule has 25 heavy (non-hydrogen) atoms. The highest BCUT2D eigenvalue weighted by atomic mass is 32.2. The Morgan fingerprint density at radius 2 is 2.08 bits per heavy atom. The van der Waals surface area contributed by atoms with E-state index in [4.69, 9.17) is 5.26 Å². The number of hydrogen-bond donors (Lipinski definition) is 1. The predicted octanol–water partition coefficient (Wildman–Crippen LogP) is 3.85. The summed E-state index contributed by atoms with van der Waals surface area (Å²) in [5, 5.41) is 10.2. The molecule has 2 heterocycles. The second-order valence-corrected chi connectivity index (χ2v) is 9.10. The van der Waals surface area contributed by atoms with Crippen molar-refractivity contribution in [2.75, 3.05) is 23.5 Å². The van der Waals surface area contributed by atoms with Gasteiger partial charge in [0.2, 0.25) is 0 Å². The topological polar surface area (TPSA) is 68.6 Å². The zero-order chi connectivity index (χ0) is 17.4. The van der Waals surface area contributed by atoms with Gasteiger partial charge in [0, 0.05) is 19.3 Å². The molecule has 2 fully saturated rings. The molecule has 2 saturated carbocycles. The van der Waals surface area contributed by atoms with Gasteiger partial charge in [-0.2, -0.15) is 17.0 Å². The predicted molar refractivity (Wildman–Crippen MR) is 103 cm³/mol. The van der Waals surface area contributed by atoms with E-state index < -0.39 is 0 Å². The number of nitrogens with zero attached hydrogens (tertiary/aromatic N) is 4. The van der Waals surface area contributed by atoms with Gasteiger partial charge in [-0.05, 0) is 62.0 Å². The molecule has 0 atom stereocenters. The van der Waals surface area contributed by atoms with Gasteiger partial charge in [0.25, 0.3) is 0 Å². The molecule has 1 N–H and O–H groups in total. The largest absolute Gasteiger partial charge is 0.356 e. The molecule has 0 spiro atoms. The van der Waals surface area contributed by atoms with Gasteiger partial charge in [-0.15, -0.1) is 0 Å². The first kappa shape index (κ1) is 16.7. The first-order valence-electron chi connectivity index (χ1n) is 9.08. The van der Waals surface area contributed by atoms with E-state index in [1.807, 2.05) is 6.20 Å². The fourth-order valence-corrected chi connectivity index (χ4v) is 5.60. The minimum absolute atomic E-state index is 0.0311. The number of fused-ring (bicyclic) bond motifs is 1. The van der Waals surface area contributed by atoms with Crippen LogP contribution in [0.3, 0.4) is 0 Å². The van der Waals surface area contributed by atoms with Crippen molar-refractivity contribution in [1.29, 1.82) is 5.26 Å². The number of aromatic amines is 1. The Hall–Kier alpha value is -1.74. The molecule has 4 rings (SSSR count). The molecule has 0 aromatic carbocycles. The van der Waals surface area contributed by atoms with Crippen molar-refractivity contribution >= 4 is 28.6 Å². The van der Waals surface area contributed by atoms with Crippen molar-refractivity contribution in [2.45, 2.75) is 38.6 Å². The highest BCUT2D eigenvalue weighted by molar-refractivity contribution is 7.99. The van der Waals surface area contributed by atoms with E-state index in [2.05, 4.69) is 57.7 Å². The molecule has 0 amide bonds. The van der Waals surface area contributed by atoms with E-state index in [9.17, 15) is 0 Å². The maximum absolute atomic E-state index is 9.08. The summed E-state index contributed by atoms with van der Waals surface area (Å²) in [4.78, 5) is 14.2. The van der Waals surface area contributed by atoms with Crippen LogP contribution in [-0.4, -0.2) is 39.5 Å². The smallest absolute Gasteiger partial charge is 0.142 e. The first-order chi connectivity index (χ1) is 12.1. The van der Waals surface area contributed by atoms with Gasteiger partial charge in [0.1, 0.15) is 17.8 Å². The normalized spacial score (nSPS) is 31.2. The molecule has 0 bridgehead atoms. The lowest BCUT2D eigenvalue weighted by Gasteiger charge is -2.43. The molecule has 132 valence electrons. The monoisotopic (exact) mass is 355 g/mol. The summed E-state index contributed by atoms with van der Waals surface area (Å²) in [6.07, 6.45) is 8.25. The number of nitriles is 1. The number of aromatic nitrogens is 3. The molecule has 0 radical (unpaired) electrons. The summed E-state index contributed by atoms with van der Waals surface area (Å²) in [5.41, 5.74) is 0.879. The van der Waals surface area contributed by atoms with Crippen LogP contribution in [0.4, 0.5) is 5.82 Å². The average Bonchev–Trinajstić information content (AvgIpc) is 3.02. The molecule has 2 aliphatic rings. The van der Waals surface area contributed by atoms with Crippen LogP contribution in [0, 0.1) is 28.6 Å². The number of rotatable bonds is 6. The summed E-state index contributed by atoms with van der Waals surface area (Å²) < 4.78 is 0. The Morgan fingerprint density at radius 3 is 2.84 bits per heavy atom. The van der Waals surface area contributed by atoms with E-state index in [1.165, 1.54) is 24.3 Å². The van der Waals surface area contributed by atoms with Crippen LogP contribution in [-0.2, 0) is 0 Å². The van der Waals surface area contributed by atoms with Crippen LogP contribution < -0.4 is 4.90 Å². The molecule has 0 unspecified atom stereocenters. The van der Waals surface area contributed by atoms with Crippen LogP contribution in [0.2, 0.25) is 0 Å². The maximum Gasteiger partial charge on any atom is 0.142 e. The van der Waals surface area contributed by atoms with E-state index >= 15 is 0 Å². The van der Waals surface area contributed by atoms with E-state index in [0.717, 1.165) is 41.5 Å². The lowest BCUT2D eigenvalue weighted by molar-refractivity contribution is 0.158. The van der Waals surface area contributed by atoms with Gasteiger partial charge >= 0.3 is 0 Å². The molecular formula is C19H25N5S. The van der Waals surface area contributed by atoms with Crippen LogP contribution in [0.25, 0.3) is 11.0 Å². The highest BCUT2D eigenvalue weighted by Gasteiger charge is 2.40. The fraction of sp³-hybridized carbons (Fsp3) is 0.632. The standard InChI is InChI=1S/C19H25N5S/c1-19(11-20)7-14(8-19)10-25-9-13-5-15(6-13)24(2)18-16-3-4-21-17(16)22-12-23-18/h3-4,12-15H,5-10H2,1-2H3,(H,21,22,23)/t13-,14?,15+,19?. The Morgan fingerprint density at radius 1 is 1.32 bits per heavy atom. The second kappa shape index (κ2) is 6.53.